The molecule has 0 aromatic heterocycles. The lowest BCUT2D eigenvalue weighted by molar-refractivity contribution is 0.0441. The van der Waals surface area contributed by atoms with Crippen LogP contribution in [-0.4, -0.2) is 6.10 Å². The average molecular weight is 163 g/mol. The zero-order valence-electron chi connectivity index (χ0n) is 6.99. The molecule has 1 aliphatic carbocycles. The number of hydrogen-bond acceptors (Lipinski definition) is 2. The van der Waals surface area contributed by atoms with E-state index in [1.54, 1.807) is 0 Å². The van der Waals surface area contributed by atoms with Gasteiger partial charge >= 0.3 is 0 Å². The van der Waals surface area contributed by atoms with E-state index in [1.807, 2.05) is 0 Å². The number of rotatable bonds is 1. The Morgan fingerprint density at radius 3 is 2.75 bits per heavy atom. The molecule has 0 heterocycles. The van der Waals surface area contributed by atoms with Crippen molar-refractivity contribution in [3.8, 4) is 0 Å². The molecular formula is C10H13NO. The van der Waals surface area contributed by atoms with E-state index in [1.165, 1.54) is 11.1 Å². The molecule has 2 N–H and O–H groups in total. The Morgan fingerprint density at radius 1 is 1.25 bits per heavy atom. The van der Waals surface area contributed by atoms with E-state index in [0.29, 0.717) is 0 Å². The van der Waals surface area contributed by atoms with Crippen LogP contribution in [0, 0.1) is 0 Å². The molecule has 0 saturated heterocycles. The summed E-state index contributed by atoms with van der Waals surface area (Å²) in [5.74, 6) is 5.16. The highest BCUT2D eigenvalue weighted by atomic mass is 16.6. The lowest BCUT2D eigenvalue weighted by Gasteiger charge is -2.22. The molecule has 0 bridgehead atoms. The molecule has 64 valence electrons. The van der Waals surface area contributed by atoms with Crippen molar-refractivity contribution in [2.75, 3.05) is 0 Å². The van der Waals surface area contributed by atoms with Gasteiger partial charge in [-0.3, -0.25) is 0 Å². The second-order valence-electron chi connectivity index (χ2n) is 3.27. The van der Waals surface area contributed by atoms with Crippen molar-refractivity contribution in [3.05, 3.63) is 35.4 Å². The van der Waals surface area contributed by atoms with Crippen LogP contribution >= 0.6 is 0 Å². The van der Waals surface area contributed by atoms with Gasteiger partial charge in [0.15, 0.2) is 0 Å². The molecule has 1 atom stereocenters. The van der Waals surface area contributed by atoms with Gasteiger partial charge in [0.05, 0.1) is 6.10 Å². The van der Waals surface area contributed by atoms with Crippen LogP contribution in [0.25, 0.3) is 0 Å². The zero-order valence-corrected chi connectivity index (χ0v) is 6.99. The first-order valence-electron chi connectivity index (χ1n) is 4.32. The highest BCUT2D eigenvalue weighted by Crippen LogP contribution is 2.21. The fourth-order valence-corrected chi connectivity index (χ4v) is 1.78. The minimum absolute atomic E-state index is 0.222. The van der Waals surface area contributed by atoms with E-state index in [4.69, 9.17) is 10.7 Å². The molecule has 0 amide bonds. The summed E-state index contributed by atoms with van der Waals surface area (Å²) in [4.78, 5) is 4.85. The van der Waals surface area contributed by atoms with Gasteiger partial charge in [-0.2, -0.15) is 0 Å². The van der Waals surface area contributed by atoms with Crippen molar-refractivity contribution >= 4 is 0 Å². The maximum Gasteiger partial charge on any atom is 0.0830 e. The Kier molecular flexibility index (Phi) is 2.11. The van der Waals surface area contributed by atoms with Crippen LogP contribution in [0.2, 0.25) is 0 Å². The highest BCUT2D eigenvalue weighted by Gasteiger charge is 2.17. The van der Waals surface area contributed by atoms with Gasteiger partial charge < -0.3 is 4.84 Å². The molecule has 2 nitrogen and oxygen atoms in total. The maximum atomic E-state index is 5.16. The average Bonchev–Trinajstić information content (AvgIpc) is 2.17. The summed E-state index contributed by atoms with van der Waals surface area (Å²) in [6, 6.07) is 8.49. The molecule has 12 heavy (non-hydrogen) atoms. The van der Waals surface area contributed by atoms with Crippen molar-refractivity contribution in [1.29, 1.82) is 0 Å². The second kappa shape index (κ2) is 3.25. The van der Waals surface area contributed by atoms with Gasteiger partial charge in [-0.05, 0) is 24.0 Å². The Morgan fingerprint density at radius 2 is 2.00 bits per heavy atom. The fraction of sp³-hybridized carbons (Fsp3) is 0.400. The van der Waals surface area contributed by atoms with Crippen molar-refractivity contribution in [2.45, 2.75) is 25.4 Å². The first-order valence-corrected chi connectivity index (χ1v) is 4.32. The summed E-state index contributed by atoms with van der Waals surface area (Å²) in [5.41, 5.74) is 2.84. The predicted octanol–water partition coefficient (Wildman–Crippen LogP) is 1.43. The Hall–Kier alpha value is -0.860. The molecule has 0 aliphatic heterocycles. The van der Waals surface area contributed by atoms with Crippen LogP contribution in [-0.2, 0) is 17.7 Å². The first-order chi connectivity index (χ1) is 5.90. The van der Waals surface area contributed by atoms with Crippen LogP contribution in [0.1, 0.15) is 17.5 Å². The van der Waals surface area contributed by atoms with Crippen molar-refractivity contribution in [3.63, 3.8) is 0 Å². The van der Waals surface area contributed by atoms with Crippen molar-refractivity contribution in [2.24, 2.45) is 5.90 Å². The molecule has 2 rings (SSSR count). The quantitative estimate of drug-likeness (QED) is 0.636. The third-order valence-corrected chi connectivity index (χ3v) is 2.49. The van der Waals surface area contributed by atoms with E-state index in [-0.39, 0.29) is 6.10 Å². The number of nitrogens with two attached hydrogens (primary N) is 1. The predicted molar refractivity (Wildman–Crippen MR) is 47.5 cm³/mol. The Bertz CT molecular complexity index is 272. The van der Waals surface area contributed by atoms with Gasteiger partial charge in [-0.15, -0.1) is 0 Å². The van der Waals surface area contributed by atoms with Crippen LogP contribution in [0.4, 0.5) is 0 Å². The summed E-state index contributed by atoms with van der Waals surface area (Å²) >= 11 is 0. The Balaban J connectivity index is 2.23. The smallest absolute Gasteiger partial charge is 0.0830 e. The summed E-state index contributed by atoms with van der Waals surface area (Å²) < 4.78 is 0. The molecule has 0 fully saturated rings. The number of benzene rings is 1. The molecule has 1 aromatic rings. The highest BCUT2D eigenvalue weighted by molar-refractivity contribution is 5.29. The number of aryl methyl sites for hydroxylation is 1. The monoisotopic (exact) mass is 163 g/mol. The van der Waals surface area contributed by atoms with Gasteiger partial charge in [-0.25, -0.2) is 5.90 Å². The molecule has 1 aromatic carbocycles. The van der Waals surface area contributed by atoms with Crippen LogP contribution in [0.3, 0.4) is 0 Å². The van der Waals surface area contributed by atoms with Crippen molar-refractivity contribution < 1.29 is 4.84 Å². The van der Waals surface area contributed by atoms with E-state index >= 15 is 0 Å². The number of fused-ring (bicyclic) bond motifs is 1. The van der Waals surface area contributed by atoms with Gasteiger partial charge in [-0.1, -0.05) is 24.3 Å². The fourth-order valence-electron chi connectivity index (χ4n) is 1.78. The summed E-state index contributed by atoms with van der Waals surface area (Å²) in [7, 11) is 0. The third-order valence-electron chi connectivity index (χ3n) is 2.49. The van der Waals surface area contributed by atoms with Gasteiger partial charge in [0, 0.05) is 6.42 Å². The second-order valence-corrected chi connectivity index (χ2v) is 3.27. The van der Waals surface area contributed by atoms with E-state index in [2.05, 4.69) is 24.3 Å². The van der Waals surface area contributed by atoms with Gasteiger partial charge in [0.2, 0.25) is 0 Å². The summed E-state index contributed by atoms with van der Waals surface area (Å²) in [6.45, 7) is 0. The van der Waals surface area contributed by atoms with Crippen LogP contribution in [0.15, 0.2) is 24.3 Å². The third kappa shape index (κ3) is 1.36. The lowest BCUT2D eigenvalue weighted by Crippen LogP contribution is -2.25. The van der Waals surface area contributed by atoms with Crippen molar-refractivity contribution in [1.82, 2.24) is 0 Å². The lowest BCUT2D eigenvalue weighted by atomic mass is 9.90. The molecule has 1 aliphatic rings. The van der Waals surface area contributed by atoms with Gasteiger partial charge in [0.25, 0.3) is 0 Å². The SMILES string of the molecule is NOC1CCc2ccccc2C1. The Labute approximate surface area is 72.3 Å². The molecule has 0 spiro atoms. The van der Waals surface area contributed by atoms with E-state index in [9.17, 15) is 0 Å². The van der Waals surface area contributed by atoms with Crippen LogP contribution < -0.4 is 5.90 Å². The molecule has 2 heteroatoms. The molecular weight excluding hydrogens is 150 g/mol. The van der Waals surface area contributed by atoms with Crippen LogP contribution in [0.5, 0.6) is 0 Å². The topological polar surface area (TPSA) is 35.2 Å². The number of hydrogen-bond donors (Lipinski definition) is 1. The molecule has 1 unspecified atom stereocenters. The van der Waals surface area contributed by atoms with Gasteiger partial charge in [0.1, 0.15) is 0 Å². The molecule has 0 radical (unpaired) electrons. The molecule has 0 saturated carbocycles. The zero-order chi connectivity index (χ0) is 8.39. The largest absolute Gasteiger partial charge is 0.301 e. The minimum atomic E-state index is 0.222. The maximum absolute atomic E-state index is 5.16. The van der Waals surface area contributed by atoms with E-state index < -0.39 is 0 Å². The summed E-state index contributed by atoms with van der Waals surface area (Å²) in [5, 5.41) is 0. The normalized spacial score (nSPS) is 21.9. The van der Waals surface area contributed by atoms with E-state index in [0.717, 1.165) is 19.3 Å². The standard InChI is InChI=1S/C10H13NO/c11-12-10-6-5-8-3-1-2-4-9(8)7-10/h1-4,10H,5-7,11H2. The minimum Gasteiger partial charge on any atom is -0.301 e. The summed E-state index contributed by atoms with van der Waals surface area (Å²) in [6.07, 6.45) is 3.33. The first kappa shape index (κ1) is 7.77.